The van der Waals surface area contributed by atoms with Crippen LogP contribution in [0.1, 0.15) is 37.3 Å². The zero-order valence-electron chi connectivity index (χ0n) is 11.9. The van der Waals surface area contributed by atoms with Gasteiger partial charge in [-0.25, -0.2) is 0 Å². The Hall–Kier alpha value is -2.20. The zero-order chi connectivity index (χ0) is 14.0. The quantitative estimate of drug-likeness (QED) is 0.564. The Kier molecular flexibility index (Phi) is 5.73. The van der Waals surface area contributed by atoms with E-state index >= 15 is 0 Å². The van der Waals surface area contributed by atoms with Gasteiger partial charge >= 0.3 is 0 Å². The molecule has 0 aliphatic carbocycles. The molecule has 0 saturated heterocycles. The highest BCUT2D eigenvalue weighted by atomic mass is 16.5. The van der Waals surface area contributed by atoms with Crippen molar-refractivity contribution in [2.75, 3.05) is 6.61 Å². The van der Waals surface area contributed by atoms with Crippen molar-refractivity contribution in [1.29, 1.82) is 0 Å². The lowest BCUT2D eigenvalue weighted by atomic mass is 10.2. The van der Waals surface area contributed by atoms with Crippen LogP contribution in [0.4, 0.5) is 0 Å². The highest BCUT2D eigenvalue weighted by molar-refractivity contribution is 5.44. The van der Waals surface area contributed by atoms with E-state index in [9.17, 15) is 0 Å². The molecule has 2 aromatic rings. The summed E-state index contributed by atoms with van der Waals surface area (Å²) in [5.74, 6) is 7.23. The maximum absolute atomic E-state index is 5.68. The second-order valence-corrected chi connectivity index (χ2v) is 4.70. The molecular formula is C19H20O. The Morgan fingerprint density at radius 2 is 1.45 bits per heavy atom. The summed E-state index contributed by atoms with van der Waals surface area (Å²) in [5.41, 5.74) is 2.04. The fraction of sp³-hybridized carbons (Fsp3) is 0.263. The average Bonchev–Trinajstić information content (AvgIpc) is 2.52. The molecule has 102 valence electrons. The summed E-state index contributed by atoms with van der Waals surface area (Å²) in [4.78, 5) is 0. The van der Waals surface area contributed by atoms with E-state index in [1.807, 2.05) is 54.6 Å². The molecular weight excluding hydrogens is 244 g/mol. The monoisotopic (exact) mass is 264 g/mol. The molecule has 0 aromatic heterocycles. The predicted octanol–water partition coefficient (Wildman–Crippen LogP) is 4.66. The first kappa shape index (κ1) is 14.2. The van der Waals surface area contributed by atoms with Crippen LogP contribution in [0.3, 0.4) is 0 Å². The van der Waals surface area contributed by atoms with E-state index in [-0.39, 0.29) is 0 Å². The van der Waals surface area contributed by atoms with E-state index in [0.717, 1.165) is 29.9 Å². The van der Waals surface area contributed by atoms with Crippen LogP contribution in [0.2, 0.25) is 0 Å². The standard InChI is InChI=1S/C19H20O/c1-2-3-7-16-20-19-14-12-18(13-15-19)11-10-17-8-5-4-6-9-17/h4-6,8-9,12-15H,2-3,7,16H2,1H3. The number of hydrogen-bond acceptors (Lipinski definition) is 1. The summed E-state index contributed by atoms with van der Waals surface area (Å²) < 4.78 is 5.68. The van der Waals surface area contributed by atoms with Crippen LogP contribution in [0, 0.1) is 11.8 Å². The van der Waals surface area contributed by atoms with Crippen LogP contribution in [-0.4, -0.2) is 6.61 Å². The van der Waals surface area contributed by atoms with Gasteiger partial charge in [-0.3, -0.25) is 0 Å². The maximum Gasteiger partial charge on any atom is 0.119 e. The van der Waals surface area contributed by atoms with Crippen molar-refractivity contribution >= 4 is 0 Å². The molecule has 0 atom stereocenters. The largest absolute Gasteiger partial charge is 0.494 e. The lowest BCUT2D eigenvalue weighted by Gasteiger charge is -2.05. The van der Waals surface area contributed by atoms with E-state index < -0.39 is 0 Å². The normalized spacial score (nSPS) is 9.65. The molecule has 0 fully saturated rings. The van der Waals surface area contributed by atoms with E-state index in [1.54, 1.807) is 0 Å². The van der Waals surface area contributed by atoms with E-state index in [2.05, 4.69) is 18.8 Å². The van der Waals surface area contributed by atoms with Gasteiger partial charge in [0.1, 0.15) is 5.75 Å². The highest BCUT2D eigenvalue weighted by Gasteiger charge is 1.93. The van der Waals surface area contributed by atoms with Crippen LogP contribution in [0.25, 0.3) is 0 Å². The lowest BCUT2D eigenvalue weighted by molar-refractivity contribution is 0.306. The first-order valence-corrected chi connectivity index (χ1v) is 7.18. The summed E-state index contributed by atoms with van der Waals surface area (Å²) in [6.07, 6.45) is 3.56. The van der Waals surface area contributed by atoms with Crippen LogP contribution in [0.15, 0.2) is 54.6 Å². The molecule has 0 radical (unpaired) electrons. The number of benzene rings is 2. The van der Waals surface area contributed by atoms with Crippen LogP contribution >= 0.6 is 0 Å². The minimum absolute atomic E-state index is 0.795. The molecule has 0 amide bonds. The summed E-state index contributed by atoms with van der Waals surface area (Å²) in [5, 5.41) is 0. The van der Waals surface area contributed by atoms with Crippen molar-refractivity contribution in [2.24, 2.45) is 0 Å². The van der Waals surface area contributed by atoms with Crippen molar-refractivity contribution in [3.8, 4) is 17.6 Å². The Labute approximate surface area is 121 Å². The molecule has 0 heterocycles. The minimum atomic E-state index is 0.795. The number of unbranched alkanes of at least 4 members (excludes halogenated alkanes) is 2. The minimum Gasteiger partial charge on any atom is -0.494 e. The first-order valence-electron chi connectivity index (χ1n) is 7.18. The van der Waals surface area contributed by atoms with Gasteiger partial charge in [-0.2, -0.15) is 0 Å². The molecule has 0 aliphatic heterocycles. The smallest absolute Gasteiger partial charge is 0.119 e. The summed E-state index contributed by atoms with van der Waals surface area (Å²) in [6.45, 7) is 2.99. The fourth-order valence-corrected chi connectivity index (χ4v) is 1.84. The first-order chi connectivity index (χ1) is 9.88. The molecule has 0 spiro atoms. The van der Waals surface area contributed by atoms with Crippen molar-refractivity contribution < 1.29 is 4.74 Å². The Bertz CT molecular complexity index is 558. The lowest BCUT2D eigenvalue weighted by Crippen LogP contribution is -1.96. The van der Waals surface area contributed by atoms with Gasteiger partial charge in [0.25, 0.3) is 0 Å². The van der Waals surface area contributed by atoms with Gasteiger partial charge in [-0.05, 0) is 42.8 Å². The van der Waals surface area contributed by atoms with Gasteiger partial charge in [-0.1, -0.05) is 49.8 Å². The van der Waals surface area contributed by atoms with Crippen LogP contribution in [0.5, 0.6) is 5.75 Å². The Morgan fingerprint density at radius 3 is 2.10 bits per heavy atom. The molecule has 0 aliphatic rings. The molecule has 0 unspecified atom stereocenters. The predicted molar refractivity (Wildman–Crippen MR) is 83.9 cm³/mol. The van der Waals surface area contributed by atoms with Crippen LogP contribution < -0.4 is 4.74 Å². The molecule has 20 heavy (non-hydrogen) atoms. The van der Waals surface area contributed by atoms with Crippen molar-refractivity contribution in [2.45, 2.75) is 26.2 Å². The third-order valence-electron chi connectivity index (χ3n) is 3.00. The van der Waals surface area contributed by atoms with E-state index in [0.29, 0.717) is 0 Å². The third kappa shape index (κ3) is 4.82. The number of rotatable bonds is 5. The highest BCUT2D eigenvalue weighted by Crippen LogP contribution is 2.12. The third-order valence-corrected chi connectivity index (χ3v) is 3.00. The van der Waals surface area contributed by atoms with Gasteiger partial charge in [0.2, 0.25) is 0 Å². The summed E-state index contributed by atoms with van der Waals surface area (Å²) >= 11 is 0. The topological polar surface area (TPSA) is 9.23 Å². The van der Waals surface area contributed by atoms with Crippen molar-refractivity contribution in [1.82, 2.24) is 0 Å². The zero-order valence-corrected chi connectivity index (χ0v) is 11.9. The number of ether oxygens (including phenoxy) is 1. The van der Waals surface area contributed by atoms with E-state index in [4.69, 9.17) is 4.74 Å². The molecule has 1 nitrogen and oxygen atoms in total. The van der Waals surface area contributed by atoms with Gasteiger partial charge in [0.05, 0.1) is 6.61 Å². The van der Waals surface area contributed by atoms with Gasteiger partial charge in [-0.15, -0.1) is 0 Å². The second-order valence-electron chi connectivity index (χ2n) is 4.70. The molecule has 0 bridgehead atoms. The van der Waals surface area contributed by atoms with E-state index in [1.165, 1.54) is 12.8 Å². The second kappa shape index (κ2) is 8.07. The van der Waals surface area contributed by atoms with Crippen molar-refractivity contribution in [3.05, 3.63) is 65.7 Å². The summed E-state index contributed by atoms with van der Waals surface area (Å²) in [7, 11) is 0. The van der Waals surface area contributed by atoms with Crippen molar-refractivity contribution in [3.63, 3.8) is 0 Å². The van der Waals surface area contributed by atoms with Gasteiger partial charge in [0.15, 0.2) is 0 Å². The van der Waals surface area contributed by atoms with Crippen LogP contribution in [-0.2, 0) is 0 Å². The average molecular weight is 264 g/mol. The maximum atomic E-state index is 5.68. The van der Waals surface area contributed by atoms with Gasteiger partial charge in [0, 0.05) is 11.1 Å². The molecule has 1 heteroatoms. The fourth-order valence-electron chi connectivity index (χ4n) is 1.84. The van der Waals surface area contributed by atoms with Gasteiger partial charge < -0.3 is 4.74 Å². The SMILES string of the molecule is CCCCCOc1ccc(C#Cc2ccccc2)cc1. The molecule has 0 N–H and O–H groups in total. The Morgan fingerprint density at radius 1 is 0.800 bits per heavy atom. The Balaban J connectivity index is 1.90. The molecule has 2 rings (SSSR count). The summed E-state index contributed by atoms with van der Waals surface area (Å²) in [6, 6.07) is 18.0. The molecule has 2 aromatic carbocycles. The molecule has 0 saturated carbocycles. The number of hydrogen-bond donors (Lipinski definition) is 0.